The van der Waals surface area contributed by atoms with Crippen LogP contribution in [0.3, 0.4) is 0 Å². The Kier molecular flexibility index (Phi) is 7.96. The van der Waals surface area contributed by atoms with Crippen LogP contribution in [0.4, 0.5) is 5.69 Å². The summed E-state index contributed by atoms with van der Waals surface area (Å²) in [5.41, 5.74) is 5.05. The van der Waals surface area contributed by atoms with Crippen LogP contribution in [0.25, 0.3) is 17.2 Å². The molecule has 5 heteroatoms. The van der Waals surface area contributed by atoms with Gasteiger partial charge in [0, 0.05) is 24.2 Å². The fraction of sp³-hybridized carbons (Fsp3) is 0.231. The van der Waals surface area contributed by atoms with Crippen molar-refractivity contribution in [2.24, 2.45) is 0 Å². The number of hydrogen-bond acceptors (Lipinski definition) is 4. The number of nitrogens with zero attached hydrogens (tertiary/aromatic N) is 2. The van der Waals surface area contributed by atoms with Crippen LogP contribution in [0.5, 0.6) is 5.75 Å². The number of pyridine rings is 1. The molecule has 0 bridgehead atoms. The van der Waals surface area contributed by atoms with Gasteiger partial charge in [0.1, 0.15) is 5.75 Å². The molecule has 0 spiro atoms. The molecule has 2 aromatic carbocycles. The van der Waals surface area contributed by atoms with E-state index in [0.29, 0.717) is 0 Å². The second-order valence-corrected chi connectivity index (χ2v) is 7.61. The van der Waals surface area contributed by atoms with Gasteiger partial charge in [-0.1, -0.05) is 18.2 Å². The highest BCUT2D eigenvalue weighted by atomic mass is 16.5. The third-order valence-corrected chi connectivity index (χ3v) is 4.95. The van der Waals surface area contributed by atoms with E-state index in [9.17, 15) is 4.79 Å². The first-order valence-electron chi connectivity index (χ1n) is 10.4. The van der Waals surface area contributed by atoms with Crippen molar-refractivity contribution >= 4 is 17.7 Å². The standard InChI is InChI=1S/C26H29N3O2/c1-29(2)18-4-5-23-19-20(6-12-25(23)31-3)7-13-26(30)28-24-10-8-21(9-11-24)22-14-16-27-17-15-22/h6-17,19H,4-5,18H2,1-3H3,(H,28,30)/b13-7+. The molecule has 0 aliphatic heterocycles. The van der Waals surface area contributed by atoms with Crippen molar-refractivity contribution in [2.45, 2.75) is 12.8 Å². The first kappa shape index (κ1) is 22.2. The molecule has 0 saturated carbocycles. The molecule has 0 fully saturated rings. The van der Waals surface area contributed by atoms with Gasteiger partial charge in [-0.15, -0.1) is 0 Å². The molecule has 1 heterocycles. The number of amides is 1. The van der Waals surface area contributed by atoms with Crippen molar-refractivity contribution in [3.05, 3.63) is 84.2 Å². The number of nitrogens with one attached hydrogen (secondary N) is 1. The van der Waals surface area contributed by atoms with Gasteiger partial charge in [-0.25, -0.2) is 0 Å². The van der Waals surface area contributed by atoms with Crippen LogP contribution in [0.15, 0.2) is 73.1 Å². The highest BCUT2D eigenvalue weighted by Gasteiger charge is 2.05. The summed E-state index contributed by atoms with van der Waals surface area (Å²) in [6.07, 6.45) is 8.90. The van der Waals surface area contributed by atoms with Crippen LogP contribution in [-0.4, -0.2) is 43.5 Å². The minimum absolute atomic E-state index is 0.165. The Morgan fingerprint density at radius 1 is 1.03 bits per heavy atom. The molecule has 31 heavy (non-hydrogen) atoms. The predicted octanol–water partition coefficient (Wildman–Crippen LogP) is 4.90. The quantitative estimate of drug-likeness (QED) is 0.505. The molecule has 160 valence electrons. The third-order valence-electron chi connectivity index (χ3n) is 4.95. The lowest BCUT2D eigenvalue weighted by molar-refractivity contribution is -0.111. The Bertz CT molecular complexity index is 1010. The number of anilines is 1. The SMILES string of the molecule is COc1ccc(/C=C/C(=O)Nc2ccc(-c3ccncc3)cc2)cc1CCCN(C)C. The van der Waals surface area contributed by atoms with Gasteiger partial charge in [-0.2, -0.15) is 0 Å². The van der Waals surface area contributed by atoms with E-state index >= 15 is 0 Å². The highest BCUT2D eigenvalue weighted by molar-refractivity contribution is 6.02. The number of hydrogen-bond donors (Lipinski definition) is 1. The molecule has 3 rings (SSSR count). The van der Waals surface area contributed by atoms with Gasteiger partial charge in [0.25, 0.3) is 0 Å². The zero-order valence-corrected chi connectivity index (χ0v) is 18.3. The van der Waals surface area contributed by atoms with E-state index < -0.39 is 0 Å². The van der Waals surface area contributed by atoms with Crippen LogP contribution >= 0.6 is 0 Å². The van der Waals surface area contributed by atoms with E-state index in [1.54, 1.807) is 25.6 Å². The van der Waals surface area contributed by atoms with Crippen molar-refractivity contribution in [1.82, 2.24) is 9.88 Å². The van der Waals surface area contributed by atoms with E-state index in [1.807, 2.05) is 54.6 Å². The number of carbonyl (C=O) groups excluding carboxylic acids is 1. The van der Waals surface area contributed by atoms with Crippen molar-refractivity contribution in [2.75, 3.05) is 33.1 Å². The van der Waals surface area contributed by atoms with Crippen LogP contribution in [0.1, 0.15) is 17.5 Å². The molecule has 1 aromatic heterocycles. The van der Waals surface area contributed by atoms with Crippen LogP contribution in [-0.2, 0) is 11.2 Å². The number of aryl methyl sites for hydroxylation is 1. The molecule has 0 saturated heterocycles. The van der Waals surface area contributed by atoms with Gasteiger partial charge in [0.2, 0.25) is 5.91 Å². The number of aromatic nitrogens is 1. The summed E-state index contributed by atoms with van der Waals surface area (Å²) in [4.78, 5) is 18.6. The summed E-state index contributed by atoms with van der Waals surface area (Å²) >= 11 is 0. The Labute approximate surface area is 184 Å². The summed E-state index contributed by atoms with van der Waals surface area (Å²) in [5.74, 6) is 0.719. The van der Waals surface area contributed by atoms with Crippen molar-refractivity contribution in [1.29, 1.82) is 0 Å². The second kappa shape index (κ2) is 11.1. The predicted molar refractivity (Wildman–Crippen MR) is 127 cm³/mol. The van der Waals surface area contributed by atoms with E-state index in [0.717, 1.165) is 53.1 Å². The average molecular weight is 416 g/mol. The number of methoxy groups -OCH3 is 1. The summed E-state index contributed by atoms with van der Waals surface area (Å²) < 4.78 is 5.48. The molecule has 1 N–H and O–H groups in total. The fourth-order valence-electron chi connectivity index (χ4n) is 3.33. The highest BCUT2D eigenvalue weighted by Crippen LogP contribution is 2.23. The second-order valence-electron chi connectivity index (χ2n) is 7.61. The van der Waals surface area contributed by atoms with Gasteiger partial charge in [-0.05, 0) is 98.2 Å². The van der Waals surface area contributed by atoms with E-state index in [1.165, 1.54) is 0 Å². The van der Waals surface area contributed by atoms with E-state index in [-0.39, 0.29) is 5.91 Å². The van der Waals surface area contributed by atoms with Crippen molar-refractivity contribution < 1.29 is 9.53 Å². The lowest BCUT2D eigenvalue weighted by Gasteiger charge is -2.12. The number of carbonyl (C=O) groups is 1. The molecule has 0 aliphatic rings. The molecule has 5 nitrogen and oxygen atoms in total. The van der Waals surface area contributed by atoms with Crippen molar-refractivity contribution in [3.8, 4) is 16.9 Å². The third kappa shape index (κ3) is 6.79. The number of benzene rings is 2. The minimum atomic E-state index is -0.165. The van der Waals surface area contributed by atoms with E-state index in [4.69, 9.17) is 4.74 Å². The lowest BCUT2D eigenvalue weighted by atomic mass is 10.0. The largest absolute Gasteiger partial charge is 0.496 e. The number of ether oxygens (including phenoxy) is 1. The maximum Gasteiger partial charge on any atom is 0.248 e. The maximum atomic E-state index is 12.4. The summed E-state index contributed by atoms with van der Waals surface area (Å²) in [6, 6.07) is 17.7. The Morgan fingerprint density at radius 3 is 2.42 bits per heavy atom. The van der Waals surface area contributed by atoms with Crippen LogP contribution in [0, 0.1) is 0 Å². The van der Waals surface area contributed by atoms with Gasteiger partial charge >= 0.3 is 0 Å². The zero-order chi connectivity index (χ0) is 22.1. The van der Waals surface area contributed by atoms with Gasteiger partial charge in [0.05, 0.1) is 7.11 Å². The first-order chi connectivity index (χ1) is 15.0. The summed E-state index contributed by atoms with van der Waals surface area (Å²) in [5, 5.41) is 2.91. The summed E-state index contributed by atoms with van der Waals surface area (Å²) in [7, 11) is 5.83. The monoisotopic (exact) mass is 415 g/mol. The zero-order valence-electron chi connectivity index (χ0n) is 18.3. The molecule has 0 atom stereocenters. The Morgan fingerprint density at radius 2 is 1.74 bits per heavy atom. The fourth-order valence-corrected chi connectivity index (χ4v) is 3.33. The van der Waals surface area contributed by atoms with Gasteiger partial charge < -0.3 is 15.0 Å². The minimum Gasteiger partial charge on any atom is -0.496 e. The molecular weight excluding hydrogens is 386 g/mol. The normalized spacial score (nSPS) is 11.1. The molecule has 1 amide bonds. The lowest BCUT2D eigenvalue weighted by Crippen LogP contribution is -2.13. The van der Waals surface area contributed by atoms with E-state index in [2.05, 4.69) is 35.4 Å². The topological polar surface area (TPSA) is 54.5 Å². The molecular formula is C26H29N3O2. The number of rotatable bonds is 9. The summed E-state index contributed by atoms with van der Waals surface area (Å²) in [6.45, 7) is 1.02. The van der Waals surface area contributed by atoms with Crippen LogP contribution in [0.2, 0.25) is 0 Å². The molecule has 3 aromatic rings. The molecule has 0 aliphatic carbocycles. The molecule has 0 unspecified atom stereocenters. The maximum absolute atomic E-state index is 12.4. The Balaban J connectivity index is 1.61. The molecule has 0 radical (unpaired) electrons. The van der Waals surface area contributed by atoms with Crippen LogP contribution < -0.4 is 10.1 Å². The average Bonchev–Trinajstić information content (AvgIpc) is 2.79. The van der Waals surface area contributed by atoms with Crippen molar-refractivity contribution in [3.63, 3.8) is 0 Å². The Hall–Kier alpha value is -3.44. The first-order valence-corrected chi connectivity index (χ1v) is 10.4. The smallest absolute Gasteiger partial charge is 0.248 e. The van der Waals surface area contributed by atoms with Gasteiger partial charge in [0.15, 0.2) is 0 Å². The van der Waals surface area contributed by atoms with Gasteiger partial charge in [-0.3, -0.25) is 9.78 Å².